The summed E-state index contributed by atoms with van der Waals surface area (Å²) in [5.74, 6) is 0. The van der Waals surface area contributed by atoms with Gasteiger partial charge >= 0.3 is 0 Å². The number of hydrogen-bond acceptors (Lipinski definition) is 3. The van der Waals surface area contributed by atoms with E-state index in [1.807, 2.05) is 17.8 Å². The molecule has 0 saturated carbocycles. The van der Waals surface area contributed by atoms with Crippen molar-refractivity contribution in [3.05, 3.63) is 11.9 Å². The summed E-state index contributed by atoms with van der Waals surface area (Å²) < 4.78 is 1.81. The van der Waals surface area contributed by atoms with Gasteiger partial charge in [-0.05, 0) is 26.2 Å². The maximum atomic E-state index is 8.55. The van der Waals surface area contributed by atoms with Gasteiger partial charge in [0.2, 0.25) is 0 Å². The standard InChI is InChI=1S/C8H15N3O/c1-2-11-7-8(9-10-11)5-3-4-6-12/h7,12H,2-6H2,1H3. The molecule has 0 unspecified atom stereocenters. The lowest BCUT2D eigenvalue weighted by Crippen LogP contribution is -1.93. The molecule has 1 aromatic heterocycles. The van der Waals surface area contributed by atoms with Crippen molar-refractivity contribution < 1.29 is 5.11 Å². The summed E-state index contributed by atoms with van der Waals surface area (Å²) in [4.78, 5) is 0. The van der Waals surface area contributed by atoms with Crippen LogP contribution in [0.1, 0.15) is 25.5 Å². The van der Waals surface area contributed by atoms with Crippen molar-refractivity contribution in [3.63, 3.8) is 0 Å². The van der Waals surface area contributed by atoms with Gasteiger partial charge in [-0.15, -0.1) is 5.10 Å². The molecule has 1 aromatic rings. The first-order valence-corrected chi connectivity index (χ1v) is 4.36. The normalized spacial score (nSPS) is 10.5. The maximum Gasteiger partial charge on any atom is 0.0827 e. The van der Waals surface area contributed by atoms with E-state index < -0.39 is 0 Å². The number of aliphatic hydroxyl groups is 1. The van der Waals surface area contributed by atoms with E-state index in [1.54, 1.807) is 0 Å². The third-order valence-electron chi connectivity index (χ3n) is 1.75. The molecule has 0 fully saturated rings. The Hall–Kier alpha value is -0.900. The highest BCUT2D eigenvalue weighted by Crippen LogP contribution is 1.99. The molecule has 0 amide bonds. The van der Waals surface area contributed by atoms with Crippen molar-refractivity contribution in [1.82, 2.24) is 15.0 Å². The summed E-state index contributed by atoms with van der Waals surface area (Å²) in [6, 6.07) is 0. The van der Waals surface area contributed by atoms with E-state index in [9.17, 15) is 0 Å². The molecule has 4 nitrogen and oxygen atoms in total. The number of unbranched alkanes of at least 4 members (excludes halogenated alkanes) is 1. The lowest BCUT2D eigenvalue weighted by molar-refractivity contribution is 0.284. The number of rotatable bonds is 5. The van der Waals surface area contributed by atoms with Gasteiger partial charge in [0, 0.05) is 19.3 Å². The Morgan fingerprint density at radius 1 is 1.50 bits per heavy atom. The van der Waals surface area contributed by atoms with Crippen LogP contribution in [-0.4, -0.2) is 26.7 Å². The highest BCUT2D eigenvalue weighted by Gasteiger charge is 1.97. The summed E-state index contributed by atoms with van der Waals surface area (Å²) >= 11 is 0. The van der Waals surface area contributed by atoms with E-state index >= 15 is 0 Å². The van der Waals surface area contributed by atoms with Crippen LogP contribution in [0.3, 0.4) is 0 Å². The molecule has 0 bridgehead atoms. The van der Waals surface area contributed by atoms with Crippen LogP contribution >= 0.6 is 0 Å². The molecule has 0 atom stereocenters. The van der Waals surface area contributed by atoms with Crippen LogP contribution in [0, 0.1) is 0 Å². The zero-order valence-corrected chi connectivity index (χ0v) is 7.40. The van der Waals surface area contributed by atoms with Gasteiger partial charge in [-0.1, -0.05) is 5.21 Å². The topological polar surface area (TPSA) is 50.9 Å². The summed E-state index contributed by atoms with van der Waals surface area (Å²) in [5.41, 5.74) is 1.02. The molecule has 1 N–H and O–H groups in total. The monoisotopic (exact) mass is 169 g/mol. The third kappa shape index (κ3) is 2.62. The number of aliphatic hydroxyl groups excluding tert-OH is 1. The smallest absolute Gasteiger partial charge is 0.0827 e. The third-order valence-corrected chi connectivity index (χ3v) is 1.75. The van der Waals surface area contributed by atoms with Crippen LogP contribution in [0.25, 0.3) is 0 Å². The number of hydrogen-bond donors (Lipinski definition) is 1. The molecule has 1 heterocycles. The minimum Gasteiger partial charge on any atom is -0.396 e. The first-order chi connectivity index (χ1) is 5.86. The van der Waals surface area contributed by atoms with Gasteiger partial charge < -0.3 is 5.11 Å². The average Bonchev–Trinajstić information content (AvgIpc) is 2.53. The average molecular weight is 169 g/mol. The molecule has 68 valence electrons. The maximum absolute atomic E-state index is 8.55. The van der Waals surface area contributed by atoms with Gasteiger partial charge in [-0.2, -0.15) is 0 Å². The Labute approximate surface area is 72.2 Å². The summed E-state index contributed by atoms with van der Waals surface area (Å²) in [6.45, 7) is 3.17. The van der Waals surface area contributed by atoms with Crippen LogP contribution in [-0.2, 0) is 13.0 Å². The van der Waals surface area contributed by atoms with Crippen molar-refractivity contribution in [2.24, 2.45) is 0 Å². The second kappa shape index (κ2) is 4.87. The van der Waals surface area contributed by atoms with E-state index in [1.165, 1.54) is 0 Å². The van der Waals surface area contributed by atoms with E-state index in [2.05, 4.69) is 10.3 Å². The zero-order valence-electron chi connectivity index (χ0n) is 7.40. The highest BCUT2D eigenvalue weighted by atomic mass is 16.2. The lowest BCUT2D eigenvalue weighted by Gasteiger charge is -1.92. The first-order valence-electron chi connectivity index (χ1n) is 4.36. The molecule has 4 heteroatoms. The Bertz CT molecular complexity index is 222. The molecule has 0 aliphatic heterocycles. The molecule has 0 aliphatic rings. The molecule has 0 aliphatic carbocycles. The van der Waals surface area contributed by atoms with Gasteiger partial charge in [0.15, 0.2) is 0 Å². The van der Waals surface area contributed by atoms with Gasteiger partial charge in [-0.25, -0.2) is 0 Å². The summed E-state index contributed by atoms with van der Waals surface area (Å²) in [6.07, 6.45) is 4.70. The second-order valence-corrected chi connectivity index (χ2v) is 2.75. The van der Waals surface area contributed by atoms with Crippen LogP contribution in [0.2, 0.25) is 0 Å². The summed E-state index contributed by atoms with van der Waals surface area (Å²) in [5, 5.41) is 16.5. The fraction of sp³-hybridized carbons (Fsp3) is 0.750. The first kappa shape index (κ1) is 9.19. The van der Waals surface area contributed by atoms with Gasteiger partial charge in [0.1, 0.15) is 0 Å². The molecular formula is C8H15N3O. The van der Waals surface area contributed by atoms with E-state index in [0.717, 1.165) is 31.5 Å². The van der Waals surface area contributed by atoms with E-state index in [4.69, 9.17) is 5.11 Å². The van der Waals surface area contributed by atoms with Gasteiger partial charge in [0.05, 0.1) is 5.69 Å². The predicted octanol–water partition coefficient (Wildman–Crippen LogP) is 0.613. The molecule has 0 spiro atoms. The largest absolute Gasteiger partial charge is 0.396 e. The zero-order chi connectivity index (χ0) is 8.81. The number of aromatic nitrogens is 3. The second-order valence-electron chi connectivity index (χ2n) is 2.75. The van der Waals surface area contributed by atoms with Crippen molar-refractivity contribution in [3.8, 4) is 0 Å². The predicted molar refractivity (Wildman–Crippen MR) is 45.7 cm³/mol. The Balaban J connectivity index is 2.31. The van der Waals surface area contributed by atoms with Crippen molar-refractivity contribution in [2.75, 3.05) is 6.61 Å². The number of aryl methyl sites for hydroxylation is 2. The molecular weight excluding hydrogens is 154 g/mol. The van der Waals surface area contributed by atoms with Crippen LogP contribution < -0.4 is 0 Å². The van der Waals surface area contributed by atoms with Crippen LogP contribution in [0.15, 0.2) is 6.20 Å². The minimum absolute atomic E-state index is 0.266. The highest BCUT2D eigenvalue weighted by molar-refractivity contribution is 4.91. The fourth-order valence-electron chi connectivity index (χ4n) is 1.03. The van der Waals surface area contributed by atoms with Crippen molar-refractivity contribution >= 4 is 0 Å². The molecule has 0 saturated heterocycles. The lowest BCUT2D eigenvalue weighted by atomic mass is 10.2. The molecule has 1 rings (SSSR count). The molecule has 0 radical (unpaired) electrons. The fourth-order valence-corrected chi connectivity index (χ4v) is 1.03. The Kier molecular flexibility index (Phi) is 3.73. The Morgan fingerprint density at radius 2 is 2.33 bits per heavy atom. The molecule has 0 aromatic carbocycles. The van der Waals surface area contributed by atoms with Crippen molar-refractivity contribution in [2.45, 2.75) is 32.7 Å². The quantitative estimate of drug-likeness (QED) is 0.657. The van der Waals surface area contributed by atoms with Gasteiger partial charge in [-0.3, -0.25) is 4.68 Å². The van der Waals surface area contributed by atoms with Crippen molar-refractivity contribution in [1.29, 1.82) is 0 Å². The molecule has 12 heavy (non-hydrogen) atoms. The Morgan fingerprint density at radius 3 is 2.92 bits per heavy atom. The van der Waals surface area contributed by atoms with Crippen LogP contribution in [0.4, 0.5) is 0 Å². The van der Waals surface area contributed by atoms with Crippen LogP contribution in [0.5, 0.6) is 0 Å². The summed E-state index contributed by atoms with van der Waals surface area (Å²) in [7, 11) is 0. The van der Waals surface area contributed by atoms with E-state index in [0.29, 0.717) is 0 Å². The minimum atomic E-state index is 0.266. The SMILES string of the molecule is CCn1cc(CCCCO)nn1. The van der Waals surface area contributed by atoms with Gasteiger partial charge in [0.25, 0.3) is 0 Å². The van der Waals surface area contributed by atoms with E-state index in [-0.39, 0.29) is 6.61 Å². The number of nitrogens with zero attached hydrogens (tertiary/aromatic N) is 3.